The molecule has 2 fully saturated rings. The van der Waals surface area contributed by atoms with E-state index < -0.39 is 18.6 Å². The first-order valence-electron chi connectivity index (χ1n) is 11.7. The fourth-order valence-corrected chi connectivity index (χ4v) is 7.66. The van der Waals surface area contributed by atoms with E-state index in [0.717, 1.165) is 38.5 Å². The number of Topliss-reactive ketones (excluding diaryl/α,β-unsaturated/α-hetero) is 1. The van der Waals surface area contributed by atoms with E-state index in [9.17, 15) is 27.9 Å². The summed E-state index contributed by atoms with van der Waals surface area (Å²) >= 11 is 0. The third kappa shape index (κ3) is 3.89. The summed E-state index contributed by atoms with van der Waals surface area (Å²) in [4.78, 5) is 24.3. The van der Waals surface area contributed by atoms with Crippen LogP contribution in [0.3, 0.4) is 0 Å². The van der Waals surface area contributed by atoms with Crippen molar-refractivity contribution in [1.29, 1.82) is 0 Å². The molecular formula is C25H33F3O3. The number of carboxylic acid groups (broad SMARTS) is 1. The van der Waals surface area contributed by atoms with Gasteiger partial charge in [-0.3, -0.25) is 4.79 Å². The van der Waals surface area contributed by atoms with Gasteiger partial charge in [-0.15, -0.1) is 0 Å². The Morgan fingerprint density at radius 2 is 1.87 bits per heavy atom. The average Bonchev–Trinajstić information content (AvgIpc) is 3.03. The SMILES string of the molecule is C[C@]12CC[C@H]3[C@@H](CC=C4C=C(C(=O)O)CC[C@@]43C)[C@@H]1CC[C@@H]2C(=O)CCCC(F)(F)F. The number of alkyl halides is 3. The number of fused-ring (bicyclic) bond motifs is 5. The minimum atomic E-state index is -4.20. The van der Waals surface area contributed by atoms with Gasteiger partial charge in [0, 0.05) is 24.3 Å². The molecule has 1 N–H and O–H groups in total. The standard InChI is InChI=1S/C25H33F3O3/c1-23-12-9-15(22(30)31)14-16(23)5-6-17-18-7-8-20(24(18,2)13-10-19(17)23)21(29)4-3-11-25(26,27)28/h5,14,17-20H,3-4,6-13H2,1-2H3,(H,30,31)/t17-,18-,19-,20+,23-,24-/m0/s1. The molecule has 0 aromatic heterocycles. The first-order chi connectivity index (χ1) is 14.5. The normalized spacial score (nSPS) is 39.6. The van der Waals surface area contributed by atoms with Crippen molar-refractivity contribution < 1.29 is 27.9 Å². The van der Waals surface area contributed by atoms with Crippen LogP contribution in [0, 0.1) is 34.5 Å². The molecule has 172 valence electrons. The fourth-order valence-electron chi connectivity index (χ4n) is 7.66. The van der Waals surface area contributed by atoms with Crippen LogP contribution in [0.1, 0.15) is 78.1 Å². The van der Waals surface area contributed by atoms with Crippen LogP contribution < -0.4 is 0 Å². The molecule has 0 bridgehead atoms. The van der Waals surface area contributed by atoms with E-state index in [2.05, 4.69) is 19.9 Å². The molecule has 0 aromatic carbocycles. The van der Waals surface area contributed by atoms with Crippen molar-refractivity contribution in [3.05, 3.63) is 23.3 Å². The molecule has 2 saturated carbocycles. The van der Waals surface area contributed by atoms with E-state index in [1.54, 1.807) is 0 Å². The molecule has 0 aliphatic heterocycles. The molecule has 6 heteroatoms. The smallest absolute Gasteiger partial charge is 0.389 e. The Kier molecular flexibility index (Phi) is 5.66. The Balaban J connectivity index is 1.51. The average molecular weight is 439 g/mol. The van der Waals surface area contributed by atoms with Crippen molar-refractivity contribution >= 4 is 11.8 Å². The van der Waals surface area contributed by atoms with E-state index in [1.807, 2.05) is 6.08 Å². The largest absolute Gasteiger partial charge is 0.478 e. The van der Waals surface area contributed by atoms with Gasteiger partial charge >= 0.3 is 12.1 Å². The van der Waals surface area contributed by atoms with Crippen molar-refractivity contribution in [2.75, 3.05) is 0 Å². The highest BCUT2D eigenvalue weighted by Gasteiger charge is 2.59. The number of carbonyl (C=O) groups excluding carboxylic acids is 1. The summed E-state index contributed by atoms with van der Waals surface area (Å²) in [5.74, 6) is 0.454. The van der Waals surface area contributed by atoms with Crippen LogP contribution in [0.5, 0.6) is 0 Å². The van der Waals surface area contributed by atoms with E-state index >= 15 is 0 Å². The number of hydrogen-bond acceptors (Lipinski definition) is 2. The van der Waals surface area contributed by atoms with Gasteiger partial charge in [0.1, 0.15) is 5.78 Å². The van der Waals surface area contributed by atoms with E-state index in [4.69, 9.17) is 0 Å². The van der Waals surface area contributed by atoms with E-state index in [0.29, 0.717) is 29.7 Å². The minimum absolute atomic E-state index is 0.0159. The Labute approximate surface area is 182 Å². The Morgan fingerprint density at radius 3 is 2.55 bits per heavy atom. The zero-order valence-electron chi connectivity index (χ0n) is 18.4. The van der Waals surface area contributed by atoms with Crippen LogP contribution >= 0.6 is 0 Å². The lowest BCUT2D eigenvalue weighted by molar-refractivity contribution is -0.139. The molecule has 4 aliphatic carbocycles. The van der Waals surface area contributed by atoms with Crippen LogP contribution in [0.25, 0.3) is 0 Å². The Morgan fingerprint density at radius 1 is 1.13 bits per heavy atom. The lowest BCUT2D eigenvalue weighted by Crippen LogP contribution is -2.50. The van der Waals surface area contributed by atoms with Gasteiger partial charge in [-0.1, -0.05) is 19.9 Å². The van der Waals surface area contributed by atoms with Gasteiger partial charge < -0.3 is 5.11 Å². The maximum Gasteiger partial charge on any atom is 0.389 e. The molecule has 4 aliphatic rings. The maximum atomic E-state index is 12.9. The Bertz CT molecular complexity index is 826. The van der Waals surface area contributed by atoms with E-state index in [-0.39, 0.29) is 35.4 Å². The Hall–Kier alpha value is -1.59. The second-order valence-corrected chi connectivity index (χ2v) is 10.8. The summed E-state index contributed by atoms with van der Waals surface area (Å²) in [6.45, 7) is 4.49. The van der Waals surface area contributed by atoms with Gasteiger partial charge in [0.05, 0.1) is 0 Å². The summed E-state index contributed by atoms with van der Waals surface area (Å²) in [5, 5.41) is 9.40. The quantitative estimate of drug-likeness (QED) is 0.534. The second-order valence-electron chi connectivity index (χ2n) is 10.8. The number of carboxylic acids is 1. The van der Waals surface area contributed by atoms with E-state index in [1.165, 1.54) is 5.57 Å². The molecule has 0 aromatic rings. The zero-order valence-corrected chi connectivity index (χ0v) is 18.4. The highest BCUT2D eigenvalue weighted by molar-refractivity contribution is 5.87. The van der Waals surface area contributed by atoms with Gasteiger partial charge in [0.25, 0.3) is 0 Å². The van der Waals surface area contributed by atoms with Crippen molar-refractivity contribution in [2.24, 2.45) is 34.5 Å². The zero-order chi connectivity index (χ0) is 22.6. The summed E-state index contributed by atoms with van der Waals surface area (Å²) < 4.78 is 37.5. The van der Waals surface area contributed by atoms with Gasteiger partial charge in [-0.05, 0) is 91.6 Å². The van der Waals surface area contributed by atoms with Crippen LogP contribution in [-0.2, 0) is 9.59 Å². The molecule has 0 radical (unpaired) electrons. The number of carbonyl (C=O) groups is 2. The number of halogens is 3. The number of rotatable bonds is 5. The second kappa shape index (κ2) is 7.77. The summed E-state index contributed by atoms with van der Waals surface area (Å²) in [6.07, 6.45) is 5.04. The third-order valence-electron chi connectivity index (χ3n) is 9.32. The van der Waals surface area contributed by atoms with Crippen LogP contribution in [0.2, 0.25) is 0 Å². The topological polar surface area (TPSA) is 54.4 Å². The maximum absolute atomic E-state index is 12.9. The van der Waals surface area contributed by atoms with Crippen molar-refractivity contribution in [1.82, 2.24) is 0 Å². The molecule has 0 spiro atoms. The number of hydrogen-bond donors (Lipinski definition) is 1. The van der Waals surface area contributed by atoms with Crippen molar-refractivity contribution in [3.63, 3.8) is 0 Å². The minimum Gasteiger partial charge on any atom is -0.478 e. The molecule has 6 atom stereocenters. The molecule has 3 nitrogen and oxygen atoms in total. The molecule has 4 rings (SSSR count). The molecule has 31 heavy (non-hydrogen) atoms. The predicted octanol–water partition coefficient (Wildman–Crippen LogP) is 6.49. The lowest BCUT2D eigenvalue weighted by atomic mass is 9.47. The van der Waals surface area contributed by atoms with Crippen LogP contribution in [0.15, 0.2) is 23.3 Å². The summed E-state index contributed by atoms with van der Waals surface area (Å²) in [5.41, 5.74) is 1.53. The molecule has 0 saturated heterocycles. The van der Waals surface area contributed by atoms with Gasteiger partial charge in [0.15, 0.2) is 0 Å². The number of ketones is 1. The third-order valence-corrected chi connectivity index (χ3v) is 9.32. The summed E-state index contributed by atoms with van der Waals surface area (Å²) in [7, 11) is 0. The van der Waals surface area contributed by atoms with Crippen LogP contribution in [-0.4, -0.2) is 23.0 Å². The molecular weight excluding hydrogens is 405 g/mol. The van der Waals surface area contributed by atoms with Crippen molar-refractivity contribution in [3.8, 4) is 0 Å². The number of allylic oxidation sites excluding steroid dienone is 3. The van der Waals surface area contributed by atoms with Crippen LogP contribution in [0.4, 0.5) is 13.2 Å². The number of aliphatic carboxylic acids is 1. The highest BCUT2D eigenvalue weighted by atomic mass is 19.4. The first-order valence-corrected chi connectivity index (χ1v) is 11.7. The molecule has 0 unspecified atom stereocenters. The van der Waals surface area contributed by atoms with Gasteiger partial charge in [-0.25, -0.2) is 4.79 Å². The summed E-state index contributed by atoms with van der Waals surface area (Å²) in [6, 6.07) is 0. The molecule has 0 amide bonds. The lowest BCUT2D eigenvalue weighted by Gasteiger charge is -2.57. The first kappa shape index (κ1) is 22.6. The monoisotopic (exact) mass is 438 g/mol. The van der Waals surface area contributed by atoms with Gasteiger partial charge in [0.2, 0.25) is 0 Å². The fraction of sp³-hybridized carbons (Fsp3) is 0.760. The van der Waals surface area contributed by atoms with Gasteiger partial charge in [-0.2, -0.15) is 13.2 Å². The van der Waals surface area contributed by atoms with Crippen molar-refractivity contribution in [2.45, 2.75) is 84.2 Å². The molecule has 0 heterocycles. The highest BCUT2D eigenvalue weighted by Crippen LogP contribution is 2.66. The predicted molar refractivity (Wildman–Crippen MR) is 111 cm³/mol.